The summed E-state index contributed by atoms with van der Waals surface area (Å²) in [5.41, 5.74) is 1.50. The van der Waals surface area contributed by atoms with Crippen molar-refractivity contribution in [3.8, 4) is 0 Å². The maximum absolute atomic E-state index is 11.5. The first kappa shape index (κ1) is 12.7. The molecule has 1 aromatic rings. The molecule has 0 saturated heterocycles. The molecule has 17 heavy (non-hydrogen) atoms. The molecule has 2 rings (SSSR count). The van der Waals surface area contributed by atoms with E-state index in [4.69, 9.17) is 22.3 Å². The van der Waals surface area contributed by atoms with Crippen LogP contribution < -0.4 is 4.90 Å². The van der Waals surface area contributed by atoms with E-state index in [1.165, 1.54) is 12.1 Å². The highest BCUT2D eigenvalue weighted by molar-refractivity contribution is 8.13. The normalized spacial score (nSPS) is 14.8. The minimum absolute atomic E-state index is 0.0538. The highest BCUT2D eigenvalue weighted by Gasteiger charge is 2.25. The van der Waals surface area contributed by atoms with E-state index in [9.17, 15) is 13.2 Å². The summed E-state index contributed by atoms with van der Waals surface area (Å²) in [6.45, 7) is 0.521. The molecular weight excluding hydrogens is 285 g/mol. The topological polar surface area (TPSA) is 54.5 Å². The summed E-state index contributed by atoms with van der Waals surface area (Å²) in [6.07, 6.45) is 0.609. The Kier molecular flexibility index (Phi) is 3.34. The van der Waals surface area contributed by atoms with Crippen molar-refractivity contribution in [2.75, 3.05) is 17.3 Å². The fraction of sp³-hybridized carbons (Fsp3) is 0.300. The lowest BCUT2D eigenvalue weighted by Gasteiger charge is -2.15. The van der Waals surface area contributed by atoms with Crippen LogP contribution in [0.3, 0.4) is 0 Å². The van der Waals surface area contributed by atoms with Crippen LogP contribution in [0.4, 0.5) is 5.69 Å². The van der Waals surface area contributed by atoms with E-state index in [-0.39, 0.29) is 16.7 Å². The highest BCUT2D eigenvalue weighted by Crippen LogP contribution is 2.31. The van der Waals surface area contributed by atoms with Crippen LogP contribution in [0.2, 0.25) is 0 Å². The lowest BCUT2D eigenvalue weighted by molar-refractivity contribution is -0.116. The van der Waals surface area contributed by atoms with Crippen LogP contribution >= 0.6 is 22.3 Å². The van der Waals surface area contributed by atoms with Gasteiger partial charge in [-0.15, -0.1) is 11.6 Å². The van der Waals surface area contributed by atoms with Crippen LogP contribution in [0.15, 0.2) is 23.1 Å². The van der Waals surface area contributed by atoms with Gasteiger partial charge in [0.1, 0.15) is 5.88 Å². The van der Waals surface area contributed by atoms with Gasteiger partial charge in [-0.25, -0.2) is 8.42 Å². The van der Waals surface area contributed by atoms with Gasteiger partial charge in [-0.2, -0.15) is 0 Å². The Morgan fingerprint density at radius 2 is 2.12 bits per heavy atom. The van der Waals surface area contributed by atoms with E-state index in [0.717, 1.165) is 5.56 Å². The van der Waals surface area contributed by atoms with E-state index >= 15 is 0 Å². The van der Waals surface area contributed by atoms with E-state index in [2.05, 4.69) is 0 Å². The molecule has 0 saturated carbocycles. The van der Waals surface area contributed by atoms with Gasteiger partial charge in [0.05, 0.1) is 4.90 Å². The Bertz CT molecular complexity index is 571. The molecule has 0 radical (unpaired) electrons. The third-order valence-electron chi connectivity index (χ3n) is 2.64. The predicted octanol–water partition coefficient (Wildman–Crippen LogP) is 1.74. The van der Waals surface area contributed by atoms with Crippen molar-refractivity contribution in [1.29, 1.82) is 0 Å². The molecule has 0 atom stereocenters. The Morgan fingerprint density at radius 3 is 2.71 bits per heavy atom. The largest absolute Gasteiger partial charge is 0.311 e. The van der Waals surface area contributed by atoms with E-state index in [0.29, 0.717) is 18.7 Å². The van der Waals surface area contributed by atoms with E-state index < -0.39 is 9.05 Å². The van der Waals surface area contributed by atoms with Crippen LogP contribution in [-0.2, 0) is 20.3 Å². The van der Waals surface area contributed by atoms with Gasteiger partial charge >= 0.3 is 0 Å². The molecule has 0 spiro atoms. The maximum Gasteiger partial charge on any atom is 0.261 e. The minimum Gasteiger partial charge on any atom is -0.311 e. The zero-order valence-electron chi connectivity index (χ0n) is 8.69. The molecule has 1 aliphatic heterocycles. The molecule has 1 heterocycles. The number of hydrogen-bond donors (Lipinski definition) is 0. The van der Waals surface area contributed by atoms with Gasteiger partial charge in [0.25, 0.3) is 9.05 Å². The molecule has 0 bridgehead atoms. The SMILES string of the molecule is O=C(CCl)N1CCc2cc(S(=O)(=O)Cl)ccc21. The van der Waals surface area contributed by atoms with Crippen molar-refractivity contribution >= 4 is 42.9 Å². The monoisotopic (exact) mass is 293 g/mol. The molecule has 0 fully saturated rings. The van der Waals surface area contributed by atoms with Gasteiger partial charge in [0.2, 0.25) is 5.91 Å². The van der Waals surface area contributed by atoms with Crippen LogP contribution in [-0.4, -0.2) is 26.7 Å². The standard InChI is InChI=1S/C10H9Cl2NO3S/c11-6-10(14)13-4-3-7-5-8(17(12,15)16)1-2-9(7)13/h1-2,5H,3-4,6H2. The Hall–Kier alpha value is -0.780. The molecule has 0 aromatic heterocycles. The zero-order valence-corrected chi connectivity index (χ0v) is 11.0. The highest BCUT2D eigenvalue weighted by atomic mass is 35.7. The van der Waals surface area contributed by atoms with Crippen molar-refractivity contribution in [2.24, 2.45) is 0 Å². The minimum atomic E-state index is -3.72. The molecule has 7 heteroatoms. The first-order valence-electron chi connectivity index (χ1n) is 4.87. The van der Waals surface area contributed by atoms with Crippen LogP contribution in [0.25, 0.3) is 0 Å². The number of fused-ring (bicyclic) bond motifs is 1. The number of benzene rings is 1. The number of amides is 1. The third-order valence-corrected chi connectivity index (χ3v) is 4.22. The Labute approximate surface area is 109 Å². The molecule has 1 aliphatic rings. The smallest absolute Gasteiger partial charge is 0.261 e. The molecule has 0 N–H and O–H groups in total. The Balaban J connectivity index is 2.42. The molecule has 1 aromatic carbocycles. The number of rotatable bonds is 2. The van der Waals surface area contributed by atoms with Gasteiger partial charge < -0.3 is 4.90 Å². The number of alkyl halides is 1. The quantitative estimate of drug-likeness (QED) is 0.616. The number of carbonyl (C=O) groups is 1. The second kappa shape index (κ2) is 4.48. The molecule has 0 aliphatic carbocycles. The summed E-state index contributed by atoms with van der Waals surface area (Å²) >= 11 is 5.49. The number of nitrogens with zero attached hydrogens (tertiary/aromatic N) is 1. The molecule has 0 unspecified atom stereocenters. The van der Waals surface area contributed by atoms with Gasteiger partial charge in [0.15, 0.2) is 0 Å². The van der Waals surface area contributed by atoms with E-state index in [1.807, 2.05) is 0 Å². The van der Waals surface area contributed by atoms with Gasteiger partial charge in [-0.3, -0.25) is 4.79 Å². The number of halogens is 2. The molecule has 4 nitrogen and oxygen atoms in total. The zero-order chi connectivity index (χ0) is 12.6. The second-order valence-electron chi connectivity index (χ2n) is 3.66. The van der Waals surface area contributed by atoms with E-state index in [1.54, 1.807) is 11.0 Å². The summed E-state index contributed by atoms with van der Waals surface area (Å²) in [7, 11) is 1.53. The lowest BCUT2D eigenvalue weighted by Crippen LogP contribution is -2.29. The van der Waals surface area contributed by atoms with Gasteiger partial charge in [-0.1, -0.05) is 0 Å². The average Bonchev–Trinajstić information content (AvgIpc) is 2.69. The summed E-state index contributed by atoms with van der Waals surface area (Å²) in [5.74, 6) is -0.276. The number of carbonyl (C=O) groups excluding carboxylic acids is 1. The maximum atomic E-state index is 11.5. The summed E-state index contributed by atoms with van der Waals surface area (Å²) in [4.78, 5) is 13.1. The van der Waals surface area contributed by atoms with Crippen molar-refractivity contribution in [2.45, 2.75) is 11.3 Å². The van der Waals surface area contributed by atoms with Crippen molar-refractivity contribution in [3.63, 3.8) is 0 Å². The fourth-order valence-electron chi connectivity index (χ4n) is 1.86. The first-order valence-corrected chi connectivity index (χ1v) is 7.72. The fourth-order valence-corrected chi connectivity index (χ4v) is 2.81. The van der Waals surface area contributed by atoms with Crippen LogP contribution in [0.5, 0.6) is 0 Å². The summed E-state index contributed by atoms with van der Waals surface area (Å²) in [5, 5.41) is 0. The first-order chi connectivity index (χ1) is 7.93. The van der Waals surface area contributed by atoms with Gasteiger partial charge in [-0.05, 0) is 30.2 Å². The van der Waals surface area contributed by atoms with Crippen molar-refractivity contribution < 1.29 is 13.2 Å². The number of hydrogen-bond acceptors (Lipinski definition) is 3. The van der Waals surface area contributed by atoms with Crippen molar-refractivity contribution in [3.05, 3.63) is 23.8 Å². The average molecular weight is 294 g/mol. The summed E-state index contributed by atoms with van der Waals surface area (Å²) in [6, 6.07) is 4.47. The molecule has 92 valence electrons. The molecular formula is C10H9Cl2NO3S. The second-order valence-corrected chi connectivity index (χ2v) is 6.49. The van der Waals surface area contributed by atoms with Gasteiger partial charge in [0, 0.05) is 22.9 Å². The number of anilines is 1. The van der Waals surface area contributed by atoms with Crippen LogP contribution in [0.1, 0.15) is 5.56 Å². The predicted molar refractivity (Wildman–Crippen MR) is 66.3 cm³/mol. The lowest BCUT2D eigenvalue weighted by atomic mass is 10.2. The summed E-state index contributed by atoms with van der Waals surface area (Å²) < 4.78 is 22.3. The molecule has 1 amide bonds. The third kappa shape index (κ3) is 2.41. The van der Waals surface area contributed by atoms with Crippen molar-refractivity contribution in [1.82, 2.24) is 0 Å². The Morgan fingerprint density at radius 1 is 1.41 bits per heavy atom. The van der Waals surface area contributed by atoms with Crippen LogP contribution in [0, 0.1) is 0 Å².